The van der Waals surface area contributed by atoms with E-state index in [1.165, 1.54) is 18.3 Å². The zero-order valence-electron chi connectivity index (χ0n) is 24.4. The summed E-state index contributed by atoms with van der Waals surface area (Å²) in [6, 6.07) is 7.18. The maximum absolute atomic E-state index is 13.8. The Bertz CT molecular complexity index is 1540. The van der Waals surface area contributed by atoms with Crippen molar-refractivity contribution in [3.05, 3.63) is 65.2 Å². The van der Waals surface area contributed by atoms with Crippen molar-refractivity contribution in [2.24, 2.45) is 23.0 Å². The lowest BCUT2D eigenvalue weighted by molar-refractivity contribution is -0.137. The smallest absolute Gasteiger partial charge is 0.417 e. The maximum atomic E-state index is 13.8. The number of benzene rings is 1. The molecule has 2 aromatic heterocycles. The Morgan fingerprint density at radius 1 is 1.20 bits per heavy atom. The molecule has 2 N–H and O–H groups in total. The van der Waals surface area contributed by atoms with E-state index < -0.39 is 17.6 Å². The summed E-state index contributed by atoms with van der Waals surface area (Å²) in [4.78, 5) is 15.9. The highest BCUT2D eigenvalue weighted by Gasteiger charge is 2.52. The van der Waals surface area contributed by atoms with Gasteiger partial charge in [0.05, 0.1) is 25.0 Å². The van der Waals surface area contributed by atoms with Crippen LogP contribution < -0.4 is 15.2 Å². The number of nitrogens with two attached hydrogens (primary N) is 1. The molecule has 1 aromatic carbocycles. The lowest BCUT2D eigenvalue weighted by Gasteiger charge is -2.57. The number of hydrogen-bond acceptors (Lipinski definition) is 6. The van der Waals surface area contributed by atoms with Crippen LogP contribution in [0.1, 0.15) is 85.2 Å². The summed E-state index contributed by atoms with van der Waals surface area (Å²) in [5.74, 6) is 1.79. The first-order valence-electron chi connectivity index (χ1n) is 15.1. The third kappa shape index (κ3) is 6.60. The van der Waals surface area contributed by atoms with Crippen LogP contribution in [-0.2, 0) is 6.18 Å². The number of carbonyl (C=O) groups is 1. The van der Waals surface area contributed by atoms with Gasteiger partial charge in [-0.2, -0.15) is 13.2 Å². The molecule has 3 fully saturated rings. The molecule has 0 radical (unpaired) electrons. The van der Waals surface area contributed by atoms with Crippen molar-refractivity contribution in [2.75, 3.05) is 13.2 Å². The average Bonchev–Trinajstić information content (AvgIpc) is 3.69. The van der Waals surface area contributed by atoms with Gasteiger partial charge in [0, 0.05) is 28.5 Å². The van der Waals surface area contributed by atoms with Gasteiger partial charge in [0.25, 0.3) is 5.91 Å². The molecule has 1 unspecified atom stereocenters. The van der Waals surface area contributed by atoms with Crippen molar-refractivity contribution in [3.63, 3.8) is 0 Å². The molecule has 0 aliphatic heterocycles. The fourth-order valence-electron chi connectivity index (χ4n) is 6.63. The topological polar surface area (TPSA) is 100 Å². The van der Waals surface area contributed by atoms with Gasteiger partial charge in [-0.1, -0.05) is 35.5 Å². The van der Waals surface area contributed by atoms with E-state index in [-0.39, 0.29) is 39.4 Å². The number of rotatable bonds is 12. The lowest BCUT2D eigenvalue weighted by atomic mass is 9.48. The molecule has 11 heteroatoms. The van der Waals surface area contributed by atoms with Gasteiger partial charge in [-0.3, -0.25) is 4.79 Å². The SMILES string of the molecule is CC(Cl)CCOc1cc(OCC2CC3(CC(/C=C/c4c(-c5ccccc5C(F)(F)F)noc4C4CC4)C3)C2)cnc1C(N)=O. The summed E-state index contributed by atoms with van der Waals surface area (Å²) in [6.07, 6.45) is 7.73. The van der Waals surface area contributed by atoms with E-state index in [2.05, 4.69) is 16.2 Å². The molecule has 1 spiro atoms. The second-order valence-electron chi connectivity index (χ2n) is 12.5. The van der Waals surface area contributed by atoms with Gasteiger partial charge >= 0.3 is 6.18 Å². The Morgan fingerprint density at radius 3 is 2.64 bits per heavy atom. The molecule has 3 aliphatic carbocycles. The number of pyridine rings is 1. The molecule has 44 heavy (non-hydrogen) atoms. The predicted molar refractivity (Wildman–Crippen MR) is 160 cm³/mol. The normalized spacial score (nSPS) is 23.8. The number of carbonyl (C=O) groups excluding carboxylic acids is 1. The van der Waals surface area contributed by atoms with Gasteiger partial charge in [-0.15, -0.1) is 11.6 Å². The van der Waals surface area contributed by atoms with Crippen LogP contribution in [0.15, 0.2) is 47.1 Å². The summed E-state index contributed by atoms with van der Waals surface area (Å²) in [6.45, 7) is 2.73. The molecule has 3 aromatic rings. The van der Waals surface area contributed by atoms with E-state index in [4.69, 9.17) is 31.3 Å². The van der Waals surface area contributed by atoms with Crippen molar-refractivity contribution in [1.82, 2.24) is 10.1 Å². The second-order valence-corrected chi connectivity index (χ2v) is 13.3. The zero-order chi connectivity index (χ0) is 31.1. The van der Waals surface area contributed by atoms with Gasteiger partial charge < -0.3 is 19.7 Å². The van der Waals surface area contributed by atoms with E-state index in [1.807, 2.05) is 13.0 Å². The van der Waals surface area contributed by atoms with Crippen LogP contribution in [0, 0.1) is 17.3 Å². The van der Waals surface area contributed by atoms with E-state index >= 15 is 0 Å². The summed E-state index contributed by atoms with van der Waals surface area (Å²) in [5, 5.41) is 4.05. The van der Waals surface area contributed by atoms with Gasteiger partial charge in [0.2, 0.25) is 0 Å². The van der Waals surface area contributed by atoms with Crippen molar-refractivity contribution in [1.29, 1.82) is 0 Å². The number of aromatic nitrogens is 2. The van der Waals surface area contributed by atoms with Crippen LogP contribution in [0.3, 0.4) is 0 Å². The molecule has 7 nitrogen and oxygen atoms in total. The Kier molecular flexibility index (Phi) is 8.39. The second kappa shape index (κ2) is 12.1. The molecule has 0 saturated heterocycles. The molecule has 1 atom stereocenters. The summed E-state index contributed by atoms with van der Waals surface area (Å²) >= 11 is 5.99. The fraction of sp³-hybridized carbons (Fsp3) is 0.485. The minimum absolute atomic E-state index is 0.0465. The molecule has 3 aliphatic rings. The van der Waals surface area contributed by atoms with Crippen LogP contribution >= 0.6 is 11.6 Å². The minimum Gasteiger partial charge on any atom is -0.492 e. The number of alkyl halides is 4. The summed E-state index contributed by atoms with van der Waals surface area (Å²) in [7, 11) is 0. The Hall–Kier alpha value is -3.53. The Morgan fingerprint density at radius 2 is 1.95 bits per heavy atom. The molecule has 1 amide bonds. The molecule has 0 bridgehead atoms. The van der Waals surface area contributed by atoms with Crippen LogP contribution in [0.2, 0.25) is 0 Å². The molecule has 6 rings (SSSR count). The number of halogens is 4. The van der Waals surface area contributed by atoms with E-state index in [9.17, 15) is 18.0 Å². The van der Waals surface area contributed by atoms with Gasteiger partial charge in [0.1, 0.15) is 17.2 Å². The number of allylic oxidation sites excluding steroid dienone is 1. The van der Waals surface area contributed by atoms with Crippen LogP contribution in [0.25, 0.3) is 17.3 Å². The highest BCUT2D eigenvalue weighted by atomic mass is 35.5. The largest absolute Gasteiger partial charge is 0.492 e. The molecule has 3 saturated carbocycles. The number of hydrogen-bond donors (Lipinski definition) is 1. The van der Waals surface area contributed by atoms with Gasteiger partial charge in [-0.25, -0.2) is 4.98 Å². The van der Waals surface area contributed by atoms with Crippen LogP contribution in [0.5, 0.6) is 11.5 Å². The molecule has 234 valence electrons. The fourth-order valence-corrected chi connectivity index (χ4v) is 6.71. The third-order valence-electron chi connectivity index (χ3n) is 8.88. The summed E-state index contributed by atoms with van der Waals surface area (Å²) in [5.41, 5.74) is 6.04. The first-order chi connectivity index (χ1) is 21.0. The quantitative estimate of drug-likeness (QED) is 0.204. The Labute approximate surface area is 258 Å². The number of amides is 1. The van der Waals surface area contributed by atoms with Crippen LogP contribution in [0.4, 0.5) is 13.2 Å². The number of primary amides is 1. The lowest BCUT2D eigenvalue weighted by Crippen LogP contribution is -2.48. The maximum Gasteiger partial charge on any atom is 0.417 e. The monoisotopic (exact) mass is 629 g/mol. The molecular formula is C33H35ClF3N3O4. The average molecular weight is 630 g/mol. The predicted octanol–water partition coefficient (Wildman–Crippen LogP) is 8.03. The zero-order valence-corrected chi connectivity index (χ0v) is 25.2. The van der Waals surface area contributed by atoms with Crippen molar-refractivity contribution in [2.45, 2.75) is 69.3 Å². The number of ether oxygens (including phenoxy) is 2. The van der Waals surface area contributed by atoms with E-state index in [0.717, 1.165) is 44.6 Å². The highest BCUT2D eigenvalue weighted by molar-refractivity contribution is 6.20. The third-order valence-corrected chi connectivity index (χ3v) is 9.10. The van der Waals surface area contributed by atoms with Gasteiger partial charge in [-0.05, 0) is 75.2 Å². The number of nitrogens with zero attached hydrogens (tertiary/aromatic N) is 2. The Balaban J connectivity index is 1.04. The first-order valence-corrected chi connectivity index (χ1v) is 15.5. The molecular weight excluding hydrogens is 595 g/mol. The van der Waals surface area contributed by atoms with Crippen molar-refractivity contribution in [3.8, 4) is 22.8 Å². The standard InChI is InChI=1S/C33H35ClF3N3O4/c1-19(34)10-11-42-27-12-23(17-39-29(27)31(38)41)43-18-21-15-32(16-21)13-20(14-32)6-9-25-28(40-44-30(25)22-7-8-22)24-4-2-3-5-26(24)33(35,36)37/h2-6,9,12,17,19-22H,7-8,10-11,13-16,18H2,1H3,(H2,38,41)/b9-6+. The minimum atomic E-state index is -4.48. The summed E-state index contributed by atoms with van der Waals surface area (Å²) < 4.78 is 58.6. The highest BCUT2D eigenvalue weighted by Crippen LogP contribution is 2.61. The van der Waals surface area contributed by atoms with Crippen LogP contribution in [-0.4, -0.2) is 34.6 Å². The van der Waals surface area contributed by atoms with Crippen molar-refractivity contribution < 1.29 is 32.0 Å². The van der Waals surface area contributed by atoms with Gasteiger partial charge in [0.15, 0.2) is 11.4 Å². The van der Waals surface area contributed by atoms with E-state index in [1.54, 1.807) is 12.1 Å². The first kappa shape index (κ1) is 30.5. The van der Waals surface area contributed by atoms with E-state index in [0.29, 0.717) is 48.5 Å². The van der Waals surface area contributed by atoms with Crippen molar-refractivity contribution >= 4 is 23.6 Å². The molecule has 2 heterocycles.